The quantitative estimate of drug-likeness (QED) is 0.634. The van der Waals surface area contributed by atoms with Crippen LogP contribution in [-0.4, -0.2) is 30.6 Å². The van der Waals surface area contributed by atoms with E-state index >= 15 is 0 Å². The van der Waals surface area contributed by atoms with Crippen molar-refractivity contribution in [1.29, 1.82) is 0 Å². The minimum absolute atomic E-state index is 0. The average Bonchev–Trinajstić information content (AvgIpc) is 2.37. The molecular formula is C8H18N2. The van der Waals surface area contributed by atoms with Crippen molar-refractivity contribution in [2.75, 3.05) is 19.6 Å². The van der Waals surface area contributed by atoms with Gasteiger partial charge >= 0.3 is 0 Å². The van der Waals surface area contributed by atoms with Crippen LogP contribution in [0, 0.1) is 0 Å². The number of hydrogen-bond acceptors (Lipinski definition) is 2. The molecule has 2 nitrogen and oxygen atoms in total. The molecule has 0 amide bonds. The van der Waals surface area contributed by atoms with E-state index in [9.17, 15) is 0 Å². The molecule has 0 spiro atoms. The van der Waals surface area contributed by atoms with Gasteiger partial charge in [0.25, 0.3) is 0 Å². The zero-order chi connectivity index (χ0) is 7.40. The molecule has 10 heavy (non-hydrogen) atoms. The van der Waals surface area contributed by atoms with Crippen LogP contribution in [0.25, 0.3) is 0 Å². The molecule has 0 aliphatic carbocycles. The van der Waals surface area contributed by atoms with Gasteiger partial charge in [0, 0.05) is 20.6 Å². The molecule has 1 aliphatic heterocycles. The van der Waals surface area contributed by atoms with E-state index in [0.29, 0.717) is 6.04 Å². The predicted octanol–water partition coefficient (Wildman–Crippen LogP) is 1.06. The van der Waals surface area contributed by atoms with Gasteiger partial charge in [0.05, 0.1) is 0 Å². The minimum Gasteiger partial charge on any atom is -0.376 e. The van der Waals surface area contributed by atoms with Gasteiger partial charge in [-0.25, -0.2) is 0 Å². The summed E-state index contributed by atoms with van der Waals surface area (Å²) in [5.74, 6) is 0. The summed E-state index contributed by atoms with van der Waals surface area (Å²) in [5, 5.41) is 3.42. The Hall–Kier alpha value is -0.500. The second-order valence-corrected chi connectivity index (χ2v) is 2.72. The smallest absolute Gasteiger partial charge is 0.0327 e. The number of nitrogens with one attached hydrogen (secondary N) is 1. The highest BCUT2D eigenvalue weighted by Gasteiger charge is 2.17. The molecule has 0 aromatic rings. The third-order valence-electron chi connectivity index (χ3n) is 1.97. The molecule has 1 saturated heterocycles. The Morgan fingerprint density at radius 1 is 1.90 bits per heavy atom. The van der Waals surface area contributed by atoms with E-state index in [1.807, 2.05) is 6.20 Å². The molecule has 0 aromatic heterocycles. The number of nitrogens with zero attached hydrogens (tertiary/aromatic N) is 1. The predicted molar refractivity (Wildman–Crippen MR) is 46.0 cm³/mol. The molecule has 0 unspecified atom stereocenters. The summed E-state index contributed by atoms with van der Waals surface area (Å²) < 4.78 is 0. The molecule has 1 N–H and O–H groups in total. The molecule has 2 heteroatoms. The average molecular weight is 142 g/mol. The summed E-state index contributed by atoms with van der Waals surface area (Å²) in [4.78, 5) is 2.26. The Labute approximate surface area is 64.4 Å². The van der Waals surface area contributed by atoms with Crippen molar-refractivity contribution in [3.05, 3.63) is 12.8 Å². The Kier molecular flexibility index (Phi) is 2.75. The first kappa shape index (κ1) is 7.61. The van der Waals surface area contributed by atoms with Crippen LogP contribution in [0.5, 0.6) is 0 Å². The minimum atomic E-state index is 0. The number of hydrogen-bond donors (Lipinski definition) is 1. The van der Waals surface area contributed by atoms with Crippen molar-refractivity contribution < 1.29 is 1.43 Å². The lowest BCUT2D eigenvalue weighted by Crippen LogP contribution is -2.30. The zero-order valence-corrected chi connectivity index (χ0v) is 6.64. The lowest BCUT2D eigenvalue weighted by Gasteiger charge is -2.12. The van der Waals surface area contributed by atoms with Gasteiger partial charge in [-0.1, -0.05) is 13.5 Å². The van der Waals surface area contributed by atoms with E-state index in [1.54, 1.807) is 0 Å². The van der Waals surface area contributed by atoms with Crippen molar-refractivity contribution in [3.63, 3.8) is 0 Å². The van der Waals surface area contributed by atoms with E-state index in [1.165, 1.54) is 13.0 Å². The van der Waals surface area contributed by atoms with Crippen LogP contribution < -0.4 is 5.32 Å². The molecule has 1 heterocycles. The molecule has 0 saturated carbocycles. The van der Waals surface area contributed by atoms with E-state index in [0.717, 1.165) is 13.1 Å². The molecule has 0 aromatic carbocycles. The first-order valence-corrected chi connectivity index (χ1v) is 3.96. The van der Waals surface area contributed by atoms with Gasteiger partial charge in [-0.3, -0.25) is 0 Å². The second-order valence-electron chi connectivity index (χ2n) is 2.72. The number of rotatable bonds is 3. The normalized spacial score (nSPS) is 25.3. The zero-order valence-electron chi connectivity index (χ0n) is 6.64. The van der Waals surface area contributed by atoms with Gasteiger partial charge < -0.3 is 10.2 Å². The summed E-state index contributed by atoms with van der Waals surface area (Å²) in [5.41, 5.74) is 0. The Bertz CT molecular complexity index is 117. The van der Waals surface area contributed by atoms with Crippen molar-refractivity contribution in [2.24, 2.45) is 0 Å². The van der Waals surface area contributed by atoms with Crippen LogP contribution in [0.3, 0.4) is 0 Å². The fourth-order valence-electron chi connectivity index (χ4n) is 1.41. The fraction of sp³-hybridized carbons (Fsp3) is 0.750. The first-order chi connectivity index (χ1) is 4.86. The summed E-state index contributed by atoms with van der Waals surface area (Å²) >= 11 is 0. The highest BCUT2D eigenvalue weighted by atomic mass is 15.2. The van der Waals surface area contributed by atoms with Gasteiger partial charge in [-0.15, -0.1) is 0 Å². The molecule has 1 atom stereocenters. The Morgan fingerprint density at radius 3 is 3.20 bits per heavy atom. The largest absolute Gasteiger partial charge is 0.376 e. The number of likely N-dealkylation sites (N-methyl/N-ethyl adjacent to an activating group) is 1. The highest BCUT2D eigenvalue weighted by Crippen LogP contribution is 2.07. The maximum Gasteiger partial charge on any atom is 0.0327 e. The summed E-state index contributed by atoms with van der Waals surface area (Å²) in [6, 6.07) is 0.697. The van der Waals surface area contributed by atoms with Crippen LogP contribution in [0.15, 0.2) is 12.8 Å². The summed E-state index contributed by atoms with van der Waals surface area (Å²) in [6.45, 7) is 9.27. The van der Waals surface area contributed by atoms with Crippen molar-refractivity contribution >= 4 is 0 Å². The van der Waals surface area contributed by atoms with Crippen LogP contribution in [-0.2, 0) is 0 Å². The molecule has 1 rings (SSSR count). The van der Waals surface area contributed by atoms with Gasteiger partial charge in [0.15, 0.2) is 0 Å². The van der Waals surface area contributed by atoms with Crippen LogP contribution in [0.2, 0.25) is 0 Å². The summed E-state index contributed by atoms with van der Waals surface area (Å²) in [7, 11) is 0. The third-order valence-corrected chi connectivity index (χ3v) is 1.97. The molecule has 0 bridgehead atoms. The molecule has 0 radical (unpaired) electrons. The van der Waals surface area contributed by atoms with Gasteiger partial charge in [-0.05, 0) is 19.2 Å². The molecule has 1 aliphatic rings. The van der Waals surface area contributed by atoms with E-state index in [4.69, 9.17) is 0 Å². The topological polar surface area (TPSA) is 15.3 Å². The maximum atomic E-state index is 3.74. The van der Waals surface area contributed by atoms with Crippen molar-refractivity contribution in [3.8, 4) is 0 Å². The van der Waals surface area contributed by atoms with E-state index < -0.39 is 0 Å². The van der Waals surface area contributed by atoms with Crippen LogP contribution in [0.4, 0.5) is 0 Å². The van der Waals surface area contributed by atoms with E-state index in [2.05, 4.69) is 23.7 Å². The molecular weight excluding hydrogens is 124 g/mol. The lowest BCUT2D eigenvalue weighted by molar-refractivity contribution is 0.444. The van der Waals surface area contributed by atoms with Gasteiger partial charge in [0.2, 0.25) is 0 Å². The SMILES string of the molecule is C=CN1CC[C@H](NCC)C1.[HH]. The van der Waals surface area contributed by atoms with Crippen molar-refractivity contribution in [1.82, 2.24) is 10.2 Å². The van der Waals surface area contributed by atoms with Gasteiger partial charge in [0.1, 0.15) is 0 Å². The Balaban J connectivity index is 0.000001000. The lowest BCUT2D eigenvalue weighted by atomic mass is 10.3. The van der Waals surface area contributed by atoms with Crippen LogP contribution in [0.1, 0.15) is 14.8 Å². The van der Waals surface area contributed by atoms with Crippen LogP contribution >= 0.6 is 0 Å². The first-order valence-electron chi connectivity index (χ1n) is 3.96. The van der Waals surface area contributed by atoms with Gasteiger partial charge in [-0.2, -0.15) is 0 Å². The highest BCUT2D eigenvalue weighted by molar-refractivity contribution is 4.85. The Morgan fingerprint density at radius 2 is 2.70 bits per heavy atom. The van der Waals surface area contributed by atoms with E-state index in [-0.39, 0.29) is 1.43 Å². The van der Waals surface area contributed by atoms with Crippen molar-refractivity contribution in [2.45, 2.75) is 19.4 Å². The summed E-state index contributed by atoms with van der Waals surface area (Å²) in [6.07, 6.45) is 3.19. The third kappa shape index (κ3) is 1.74. The number of likely N-dealkylation sites (tertiary alicyclic amines) is 1. The fourth-order valence-corrected chi connectivity index (χ4v) is 1.41. The standard InChI is InChI=1S/C8H16N2.H2/c1-3-9-8-5-6-10(4-2)7-8;/h4,8-9H,2-3,5-7H2,1H3;1H/t8-;/m0./s1. The molecule has 1 fully saturated rings. The maximum absolute atomic E-state index is 3.74. The molecule has 60 valence electrons. The monoisotopic (exact) mass is 142 g/mol. The second kappa shape index (κ2) is 3.62.